The molecule has 19 heavy (non-hydrogen) atoms. The molecule has 108 valence electrons. The molecule has 0 aliphatic heterocycles. The Morgan fingerprint density at radius 2 is 1.37 bits per heavy atom. The highest BCUT2D eigenvalue weighted by Gasteiger charge is 2.11. The zero-order valence-corrected chi connectivity index (χ0v) is 13.2. The molecule has 1 rings (SSSR count). The van der Waals surface area contributed by atoms with Gasteiger partial charge in [-0.05, 0) is 63.3 Å². The zero-order valence-electron chi connectivity index (χ0n) is 13.2. The molecule has 2 heteroatoms. The Morgan fingerprint density at radius 3 is 1.84 bits per heavy atom. The lowest BCUT2D eigenvalue weighted by Gasteiger charge is -2.21. The van der Waals surface area contributed by atoms with Crippen LogP contribution in [0.3, 0.4) is 0 Å². The van der Waals surface area contributed by atoms with Gasteiger partial charge >= 0.3 is 0 Å². The van der Waals surface area contributed by atoms with E-state index in [1.165, 1.54) is 6.42 Å². The van der Waals surface area contributed by atoms with Crippen molar-refractivity contribution in [2.45, 2.75) is 60.0 Å². The molecule has 0 saturated heterocycles. The molecule has 0 atom stereocenters. The number of rotatable bonds is 5. The maximum atomic E-state index is 5.77. The third-order valence-corrected chi connectivity index (χ3v) is 2.59. The molecule has 0 aliphatic rings. The van der Waals surface area contributed by atoms with Gasteiger partial charge < -0.3 is 9.47 Å². The number of hydrogen-bond donors (Lipinski definition) is 0. The minimum Gasteiger partial charge on any atom is -0.494 e. The van der Waals surface area contributed by atoms with E-state index in [-0.39, 0.29) is 5.60 Å². The van der Waals surface area contributed by atoms with Gasteiger partial charge in [0.15, 0.2) is 0 Å². The highest BCUT2D eigenvalue weighted by molar-refractivity contribution is 5.31. The Labute approximate surface area is 118 Å². The zero-order chi connectivity index (χ0) is 14.5. The van der Waals surface area contributed by atoms with Gasteiger partial charge in [0, 0.05) is 0 Å². The van der Waals surface area contributed by atoms with Crippen molar-refractivity contribution < 1.29 is 9.47 Å². The first-order valence-corrected chi connectivity index (χ1v) is 7.08. The molecule has 0 unspecified atom stereocenters. The van der Waals surface area contributed by atoms with Gasteiger partial charge in [0.2, 0.25) is 0 Å². The van der Waals surface area contributed by atoms with Crippen LogP contribution in [-0.4, -0.2) is 12.2 Å². The highest BCUT2D eigenvalue weighted by atomic mass is 16.5. The van der Waals surface area contributed by atoms with Crippen LogP contribution < -0.4 is 9.47 Å². The predicted molar refractivity (Wildman–Crippen MR) is 81.0 cm³/mol. The molecule has 0 amide bonds. The molecule has 1 aromatic carbocycles. The highest BCUT2D eigenvalue weighted by Crippen LogP contribution is 2.23. The Kier molecular flexibility index (Phi) is 5.28. The summed E-state index contributed by atoms with van der Waals surface area (Å²) in [6.07, 6.45) is 2.27. The monoisotopic (exact) mass is 264 g/mol. The Bertz CT molecular complexity index is 366. The minimum absolute atomic E-state index is 0.158. The van der Waals surface area contributed by atoms with Crippen molar-refractivity contribution in [3.63, 3.8) is 0 Å². The molecule has 1 aromatic rings. The van der Waals surface area contributed by atoms with Crippen molar-refractivity contribution in [1.82, 2.24) is 0 Å². The van der Waals surface area contributed by atoms with Crippen molar-refractivity contribution in [3.8, 4) is 11.5 Å². The molecular weight excluding hydrogens is 236 g/mol. The van der Waals surface area contributed by atoms with Crippen LogP contribution >= 0.6 is 0 Å². The summed E-state index contributed by atoms with van der Waals surface area (Å²) in [5.41, 5.74) is 0.225. The van der Waals surface area contributed by atoms with Gasteiger partial charge in [0.1, 0.15) is 17.1 Å². The fourth-order valence-electron chi connectivity index (χ4n) is 1.75. The molecule has 2 nitrogen and oxygen atoms in total. The fraction of sp³-hybridized carbons (Fsp3) is 0.647. The van der Waals surface area contributed by atoms with Gasteiger partial charge in [-0.25, -0.2) is 0 Å². The van der Waals surface area contributed by atoms with Gasteiger partial charge in [0.25, 0.3) is 0 Å². The lowest BCUT2D eigenvalue weighted by molar-refractivity contribution is 0.131. The second kappa shape index (κ2) is 6.31. The maximum absolute atomic E-state index is 5.77. The minimum atomic E-state index is -0.158. The molecule has 0 saturated carbocycles. The smallest absolute Gasteiger partial charge is 0.120 e. The Morgan fingerprint density at radius 1 is 0.842 bits per heavy atom. The van der Waals surface area contributed by atoms with Crippen LogP contribution in [0.2, 0.25) is 0 Å². The van der Waals surface area contributed by atoms with Crippen LogP contribution in [0.5, 0.6) is 11.5 Å². The molecule has 0 aliphatic carbocycles. The lowest BCUT2D eigenvalue weighted by Crippen LogP contribution is -2.22. The van der Waals surface area contributed by atoms with Crippen molar-refractivity contribution >= 4 is 0 Å². The molecular formula is C17H28O2. The van der Waals surface area contributed by atoms with E-state index in [0.717, 1.165) is 24.5 Å². The van der Waals surface area contributed by atoms with Crippen molar-refractivity contribution in [3.05, 3.63) is 24.3 Å². The van der Waals surface area contributed by atoms with E-state index in [4.69, 9.17) is 9.47 Å². The second-order valence-corrected chi connectivity index (χ2v) is 7.20. The van der Waals surface area contributed by atoms with E-state index in [2.05, 4.69) is 20.8 Å². The van der Waals surface area contributed by atoms with E-state index in [1.54, 1.807) is 0 Å². The third-order valence-electron chi connectivity index (χ3n) is 2.59. The molecule has 0 bridgehead atoms. The summed E-state index contributed by atoms with van der Waals surface area (Å²) in [6.45, 7) is 13.7. The number of benzene rings is 1. The van der Waals surface area contributed by atoms with E-state index in [1.807, 2.05) is 45.0 Å². The van der Waals surface area contributed by atoms with Gasteiger partial charge in [-0.1, -0.05) is 20.8 Å². The van der Waals surface area contributed by atoms with Gasteiger partial charge in [-0.3, -0.25) is 0 Å². The third kappa shape index (κ3) is 7.76. The van der Waals surface area contributed by atoms with Gasteiger partial charge in [-0.15, -0.1) is 0 Å². The van der Waals surface area contributed by atoms with E-state index >= 15 is 0 Å². The van der Waals surface area contributed by atoms with Crippen molar-refractivity contribution in [2.75, 3.05) is 6.61 Å². The summed E-state index contributed by atoms with van der Waals surface area (Å²) in [5, 5.41) is 0. The van der Waals surface area contributed by atoms with Crippen molar-refractivity contribution in [1.29, 1.82) is 0 Å². The standard InChI is InChI=1S/C17H28O2/c1-16(2,3)12-7-13-18-14-8-10-15(11-9-14)19-17(4,5)6/h8-11H,7,12-13H2,1-6H3. The molecule has 0 aromatic heterocycles. The summed E-state index contributed by atoms with van der Waals surface area (Å²) in [5.74, 6) is 1.80. The molecule has 0 fully saturated rings. The van der Waals surface area contributed by atoms with E-state index in [9.17, 15) is 0 Å². The summed E-state index contributed by atoms with van der Waals surface area (Å²) in [4.78, 5) is 0. The second-order valence-electron chi connectivity index (χ2n) is 7.20. The fourth-order valence-corrected chi connectivity index (χ4v) is 1.75. The van der Waals surface area contributed by atoms with Crippen LogP contribution in [0.15, 0.2) is 24.3 Å². The normalized spacial score (nSPS) is 12.3. The van der Waals surface area contributed by atoms with Crippen LogP contribution in [0.1, 0.15) is 54.4 Å². The van der Waals surface area contributed by atoms with Gasteiger partial charge in [0.05, 0.1) is 6.61 Å². The summed E-state index contributed by atoms with van der Waals surface area (Å²) in [6, 6.07) is 7.87. The Hall–Kier alpha value is -1.18. The van der Waals surface area contributed by atoms with E-state index < -0.39 is 0 Å². The first-order valence-electron chi connectivity index (χ1n) is 7.08. The topological polar surface area (TPSA) is 18.5 Å². The van der Waals surface area contributed by atoms with Crippen LogP contribution in [0.25, 0.3) is 0 Å². The molecule has 0 heterocycles. The van der Waals surface area contributed by atoms with Crippen LogP contribution in [0.4, 0.5) is 0 Å². The average molecular weight is 264 g/mol. The summed E-state index contributed by atoms with van der Waals surface area (Å²) in [7, 11) is 0. The number of ether oxygens (including phenoxy) is 2. The van der Waals surface area contributed by atoms with Gasteiger partial charge in [-0.2, -0.15) is 0 Å². The van der Waals surface area contributed by atoms with E-state index in [0.29, 0.717) is 5.41 Å². The first-order chi connectivity index (χ1) is 8.66. The molecule has 0 radical (unpaired) electrons. The SMILES string of the molecule is CC(C)(C)CCCOc1ccc(OC(C)(C)C)cc1. The van der Waals surface area contributed by atoms with Crippen molar-refractivity contribution in [2.24, 2.45) is 5.41 Å². The summed E-state index contributed by atoms with van der Waals surface area (Å²) < 4.78 is 11.5. The average Bonchev–Trinajstić information content (AvgIpc) is 2.23. The first kappa shape index (κ1) is 15.9. The largest absolute Gasteiger partial charge is 0.494 e. The predicted octanol–water partition coefficient (Wildman–Crippen LogP) is 5.07. The Balaban J connectivity index is 2.36. The number of hydrogen-bond acceptors (Lipinski definition) is 2. The van der Waals surface area contributed by atoms with Crippen LogP contribution in [-0.2, 0) is 0 Å². The summed E-state index contributed by atoms with van der Waals surface area (Å²) >= 11 is 0. The molecule has 0 spiro atoms. The van der Waals surface area contributed by atoms with Crippen LogP contribution in [0, 0.1) is 5.41 Å². The molecule has 0 N–H and O–H groups in total. The lowest BCUT2D eigenvalue weighted by atomic mass is 9.91. The quantitative estimate of drug-likeness (QED) is 0.691. The maximum Gasteiger partial charge on any atom is 0.120 e.